The third kappa shape index (κ3) is 3.40. The Bertz CT molecular complexity index is 524. The molecule has 1 N–H and O–H groups in total. The van der Waals surface area contributed by atoms with Crippen LogP contribution in [0, 0.1) is 17.8 Å². The lowest BCUT2D eigenvalue weighted by Crippen LogP contribution is -2.44. The van der Waals surface area contributed by atoms with Gasteiger partial charge in [0.25, 0.3) is 5.91 Å². The van der Waals surface area contributed by atoms with E-state index < -0.39 is 0 Å². The van der Waals surface area contributed by atoms with E-state index in [4.69, 9.17) is 5.11 Å². The van der Waals surface area contributed by atoms with E-state index in [1.165, 1.54) is 6.42 Å². The highest BCUT2D eigenvalue weighted by Gasteiger charge is 2.27. The van der Waals surface area contributed by atoms with Crippen LogP contribution < -0.4 is 0 Å². The van der Waals surface area contributed by atoms with Crippen molar-refractivity contribution in [1.82, 2.24) is 4.90 Å². The van der Waals surface area contributed by atoms with E-state index in [2.05, 4.69) is 25.7 Å². The zero-order valence-electron chi connectivity index (χ0n) is 12.1. The number of rotatable bonds is 1. The summed E-state index contributed by atoms with van der Waals surface area (Å²) < 4.78 is 0. The molecule has 3 heteroatoms. The van der Waals surface area contributed by atoms with Crippen LogP contribution in [-0.2, 0) is 0 Å². The molecule has 3 nitrogen and oxygen atoms in total. The Morgan fingerprint density at radius 1 is 1.30 bits per heavy atom. The normalized spacial score (nSPS) is 22.1. The number of piperidine rings is 1. The molecule has 1 heterocycles. The molecule has 0 aromatic heterocycles. The highest BCUT2D eigenvalue weighted by atomic mass is 16.2. The lowest BCUT2D eigenvalue weighted by Gasteiger charge is -2.36. The molecular weight excluding hydrogens is 250 g/mol. The van der Waals surface area contributed by atoms with Gasteiger partial charge in [-0.15, -0.1) is 0 Å². The minimum absolute atomic E-state index is 0.103. The zero-order chi connectivity index (χ0) is 14.5. The van der Waals surface area contributed by atoms with Crippen molar-refractivity contribution in [2.24, 2.45) is 5.92 Å². The molecule has 0 saturated carbocycles. The molecule has 2 unspecified atom stereocenters. The Kier molecular flexibility index (Phi) is 4.81. The molecule has 1 aromatic carbocycles. The quantitative estimate of drug-likeness (QED) is 0.796. The summed E-state index contributed by atoms with van der Waals surface area (Å²) in [6.07, 6.45) is 2.27. The van der Waals surface area contributed by atoms with Crippen LogP contribution in [0.4, 0.5) is 0 Å². The molecular formula is C17H21NO2. The zero-order valence-corrected chi connectivity index (χ0v) is 12.1. The van der Waals surface area contributed by atoms with Gasteiger partial charge >= 0.3 is 0 Å². The average Bonchev–Trinajstić information content (AvgIpc) is 2.47. The first-order chi connectivity index (χ1) is 9.61. The molecule has 0 aliphatic carbocycles. The SMILES string of the molecule is CC1CCC(C)N(C(=O)c2ccc(C#CCO)cc2)C1. The van der Waals surface area contributed by atoms with Gasteiger partial charge in [-0.05, 0) is 49.9 Å². The molecule has 0 spiro atoms. The smallest absolute Gasteiger partial charge is 0.254 e. The molecule has 20 heavy (non-hydrogen) atoms. The van der Waals surface area contributed by atoms with Crippen LogP contribution in [0.2, 0.25) is 0 Å². The maximum atomic E-state index is 12.5. The average molecular weight is 271 g/mol. The van der Waals surface area contributed by atoms with Gasteiger partial charge in [0, 0.05) is 23.7 Å². The third-order valence-corrected chi connectivity index (χ3v) is 3.82. The van der Waals surface area contributed by atoms with E-state index in [1.54, 1.807) is 0 Å². The van der Waals surface area contributed by atoms with Crippen molar-refractivity contribution >= 4 is 5.91 Å². The van der Waals surface area contributed by atoms with Gasteiger partial charge in [-0.1, -0.05) is 18.8 Å². The van der Waals surface area contributed by atoms with E-state index >= 15 is 0 Å². The number of hydrogen-bond acceptors (Lipinski definition) is 2. The highest BCUT2D eigenvalue weighted by Crippen LogP contribution is 2.23. The van der Waals surface area contributed by atoms with Gasteiger partial charge in [0.15, 0.2) is 0 Å². The largest absolute Gasteiger partial charge is 0.384 e. The van der Waals surface area contributed by atoms with Gasteiger partial charge in [-0.25, -0.2) is 0 Å². The van der Waals surface area contributed by atoms with Crippen molar-refractivity contribution in [1.29, 1.82) is 0 Å². The summed E-state index contributed by atoms with van der Waals surface area (Å²) in [7, 11) is 0. The second-order valence-electron chi connectivity index (χ2n) is 5.53. The molecule has 106 valence electrons. The lowest BCUT2D eigenvalue weighted by atomic mass is 9.94. The Balaban J connectivity index is 2.12. The fourth-order valence-corrected chi connectivity index (χ4v) is 2.58. The van der Waals surface area contributed by atoms with E-state index in [0.29, 0.717) is 17.5 Å². The molecule has 2 rings (SSSR count). The van der Waals surface area contributed by atoms with Crippen molar-refractivity contribution in [3.8, 4) is 11.8 Å². The first-order valence-corrected chi connectivity index (χ1v) is 7.12. The molecule has 1 amide bonds. The van der Waals surface area contributed by atoms with Gasteiger partial charge in [0.2, 0.25) is 0 Å². The summed E-state index contributed by atoms with van der Waals surface area (Å²) in [4.78, 5) is 14.5. The summed E-state index contributed by atoms with van der Waals surface area (Å²) >= 11 is 0. The maximum absolute atomic E-state index is 12.5. The second-order valence-corrected chi connectivity index (χ2v) is 5.53. The van der Waals surface area contributed by atoms with Crippen LogP contribution in [0.1, 0.15) is 42.6 Å². The van der Waals surface area contributed by atoms with Gasteiger partial charge < -0.3 is 10.0 Å². The number of nitrogens with zero attached hydrogens (tertiary/aromatic N) is 1. The Morgan fingerprint density at radius 2 is 2.00 bits per heavy atom. The predicted octanol–water partition coefficient (Wildman–Crippen LogP) is 2.29. The Labute approximate surface area is 120 Å². The van der Waals surface area contributed by atoms with Crippen LogP contribution >= 0.6 is 0 Å². The summed E-state index contributed by atoms with van der Waals surface area (Å²) in [5.41, 5.74) is 1.52. The number of amides is 1. The molecule has 1 aliphatic heterocycles. The minimum Gasteiger partial charge on any atom is -0.384 e. The number of aliphatic hydroxyl groups is 1. The molecule has 1 aliphatic rings. The predicted molar refractivity (Wildman–Crippen MR) is 79.3 cm³/mol. The molecule has 1 aromatic rings. The molecule has 1 saturated heterocycles. The number of hydrogen-bond donors (Lipinski definition) is 1. The van der Waals surface area contributed by atoms with E-state index in [0.717, 1.165) is 18.5 Å². The Morgan fingerprint density at radius 3 is 2.65 bits per heavy atom. The van der Waals surface area contributed by atoms with Crippen LogP contribution in [0.5, 0.6) is 0 Å². The molecule has 0 bridgehead atoms. The van der Waals surface area contributed by atoms with Crippen LogP contribution in [0.3, 0.4) is 0 Å². The number of carbonyl (C=O) groups excluding carboxylic acids is 1. The van der Waals surface area contributed by atoms with E-state index in [9.17, 15) is 4.79 Å². The van der Waals surface area contributed by atoms with Crippen molar-refractivity contribution in [3.63, 3.8) is 0 Å². The van der Waals surface area contributed by atoms with Gasteiger partial charge in [-0.2, -0.15) is 0 Å². The van der Waals surface area contributed by atoms with Crippen molar-refractivity contribution in [3.05, 3.63) is 35.4 Å². The highest BCUT2D eigenvalue weighted by molar-refractivity contribution is 5.94. The fourth-order valence-electron chi connectivity index (χ4n) is 2.58. The van der Waals surface area contributed by atoms with Gasteiger partial charge in [0.05, 0.1) is 0 Å². The molecule has 0 radical (unpaired) electrons. The maximum Gasteiger partial charge on any atom is 0.254 e. The van der Waals surface area contributed by atoms with Gasteiger partial charge in [0.1, 0.15) is 6.61 Å². The van der Waals surface area contributed by atoms with E-state index in [1.807, 2.05) is 29.2 Å². The molecule has 2 atom stereocenters. The first kappa shape index (κ1) is 14.6. The Hall–Kier alpha value is -1.79. The first-order valence-electron chi connectivity index (χ1n) is 7.12. The third-order valence-electron chi connectivity index (χ3n) is 3.82. The summed E-state index contributed by atoms with van der Waals surface area (Å²) in [5.74, 6) is 6.11. The van der Waals surface area contributed by atoms with E-state index in [-0.39, 0.29) is 12.5 Å². The van der Waals surface area contributed by atoms with Crippen molar-refractivity contribution in [2.45, 2.75) is 32.7 Å². The van der Waals surface area contributed by atoms with Crippen molar-refractivity contribution in [2.75, 3.05) is 13.2 Å². The second kappa shape index (κ2) is 6.58. The summed E-state index contributed by atoms with van der Waals surface area (Å²) in [6.45, 7) is 5.00. The number of likely N-dealkylation sites (tertiary alicyclic amines) is 1. The molecule has 1 fully saturated rings. The minimum atomic E-state index is -0.149. The monoisotopic (exact) mass is 271 g/mol. The number of carbonyl (C=O) groups is 1. The van der Waals surface area contributed by atoms with Crippen LogP contribution in [0.15, 0.2) is 24.3 Å². The standard InChI is InChI=1S/C17H21NO2/c1-13-5-6-14(2)18(12-13)17(20)16-9-7-15(8-10-16)4-3-11-19/h7-10,13-14,19H,5-6,11-12H2,1-2H3. The summed E-state index contributed by atoms with van der Waals surface area (Å²) in [6, 6.07) is 7.60. The summed E-state index contributed by atoms with van der Waals surface area (Å²) in [5, 5.41) is 8.66. The van der Waals surface area contributed by atoms with Crippen LogP contribution in [-0.4, -0.2) is 35.1 Å². The fraction of sp³-hybridized carbons (Fsp3) is 0.471. The topological polar surface area (TPSA) is 40.5 Å². The number of aliphatic hydroxyl groups excluding tert-OH is 1. The van der Waals surface area contributed by atoms with Crippen molar-refractivity contribution < 1.29 is 9.90 Å². The van der Waals surface area contributed by atoms with Crippen LogP contribution in [0.25, 0.3) is 0 Å². The number of benzene rings is 1. The lowest BCUT2D eigenvalue weighted by molar-refractivity contribution is 0.0574. The van der Waals surface area contributed by atoms with Gasteiger partial charge in [-0.3, -0.25) is 4.79 Å².